The second-order valence-electron chi connectivity index (χ2n) is 2.95. The lowest BCUT2D eigenvalue weighted by Gasteiger charge is -2.05. The van der Waals surface area contributed by atoms with Gasteiger partial charge in [-0.25, -0.2) is 4.21 Å². The van der Waals surface area contributed by atoms with E-state index in [-0.39, 0.29) is 5.69 Å². The van der Waals surface area contributed by atoms with Gasteiger partial charge in [-0.1, -0.05) is 6.07 Å². The van der Waals surface area contributed by atoms with Gasteiger partial charge in [0.05, 0.1) is 16.3 Å². The van der Waals surface area contributed by atoms with E-state index in [1.165, 1.54) is 13.0 Å². The summed E-state index contributed by atoms with van der Waals surface area (Å²) < 4.78 is 50.0. The number of hydrogen-bond donors (Lipinski definition) is 1. The van der Waals surface area contributed by atoms with Crippen molar-refractivity contribution in [2.24, 2.45) is 0 Å². The quantitative estimate of drug-likeness (QED) is 0.247. The van der Waals surface area contributed by atoms with Crippen molar-refractivity contribution >= 4 is 27.2 Å². The van der Waals surface area contributed by atoms with Crippen molar-refractivity contribution in [3.05, 3.63) is 33.9 Å². The second-order valence-corrected chi connectivity index (χ2v) is 4.92. The van der Waals surface area contributed by atoms with Crippen LogP contribution in [-0.2, 0) is 25.8 Å². The zero-order chi connectivity index (χ0) is 15.2. The van der Waals surface area contributed by atoms with E-state index in [4.69, 9.17) is 18.6 Å². The topological polar surface area (TPSA) is 170 Å². The summed E-state index contributed by atoms with van der Waals surface area (Å²) >= 11 is -2.88. The molecular formula is C7H7NO9S2-2. The standard InChI is InChI=1S/C7H7NO5S.H2O4S/c1-5-2-3-6(14(11,12)13)4-7(5)8(9)10;1-4-5(2)3/h2-4H,1H3,(H,11,12,13);1H,(H,2,3)/p-2. The van der Waals surface area contributed by atoms with Crippen LogP contribution >= 0.6 is 0 Å². The molecule has 0 aromatic heterocycles. The van der Waals surface area contributed by atoms with Gasteiger partial charge in [-0.15, -0.1) is 0 Å². The van der Waals surface area contributed by atoms with Crippen LogP contribution in [0.2, 0.25) is 0 Å². The highest BCUT2D eigenvalue weighted by atomic mass is 32.2. The Bertz CT molecular complexity index is 582. The molecule has 0 aliphatic heterocycles. The predicted octanol–water partition coefficient (Wildman–Crippen LogP) is -0.778. The minimum atomic E-state index is -4.38. The zero-order valence-corrected chi connectivity index (χ0v) is 10.8. The van der Waals surface area contributed by atoms with Gasteiger partial charge >= 0.3 is 0 Å². The fraction of sp³-hybridized carbons (Fsp3) is 0.143. The molecule has 12 heteroatoms. The first-order valence-electron chi connectivity index (χ1n) is 4.21. The molecule has 1 aromatic rings. The number of nitro benzene ring substituents is 1. The first kappa shape index (κ1) is 17.6. The SMILES string of the molecule is Cc1ccc(S(=O)(=O)O)cc1[N+](=O)[O-].O=S([O-])O[O-]. The van der Waals surface area contributed by atoms with Crippen LogP contribution in [0.1, 0.15) is 5.56 Å². The van der Waals surface area contributed by atoms with Crippen LogP contribution in [0.4, 0.5) is 5.69 Å². The second kappa shape index (κ2) is 7.22. The fourth-order valence-corrected chi connectivity index (χ4v) is 1.45. The van der Waals surface area contributed by atoms with E-state index in [0.717, 1.165) is 12.1 Å². The van der Waals surface area contributed by atoms with Crippen molar-refractivity contribution in [3.8, 4) is 0 Å². The Hall–Kier alpha value is -1.44. The average molecular weight is 313 g/mol. The summed E-state index contributed by atoms with van der Waals surface area (Å²) in [6.07, 6.45) is 0. The van der Waals surface area contributed by atoms with Crippen molar-refractivity contribution in [2.45, 2.75) is 11.8 Å². The Morgan fingerprint density at radius 3 is 2.21 bits per heavy atom. The van der Waals surface area contributed by atoms with E-state index in [9.17, 15) is 18.5 Å². The Kier molecular flexibility index (Phi) is 6.68. The molecule has 0 aliphatic carbocycles. The van der Waals surface area contributed by atoms with Crippen LogP contribution < -0.4 is 5.26 Å². The van der Waals surface area contributed by atoms with Gasteiger partial charge in [0.15, 0.2) is 0 Å². The van der Waals surface area contributed by atoms with Crippen LogP contribution in [-0.4, -0.2) is 26.7 Å². The number of benzene rings is 1. The molecule has 0 saturated carbocycles. The van der Waals surface area contributed by atoms with Crippen LogP contribution in [0, 0.1) is 17.0 Å². The van der Waals surface area contributed by atoms with Gasteiger partial charge in [-0.2, -0.15) is 8.42 Å². The van der Waals surface area contributed by atoms with Crippen molar-refractivity contribution < 1.29 is 36.2 Å². The van der Waals surface area contributed by atoms with Crippen LogP contribution in [0.5, 0.6) is 0 Å². The van der Waals surface area contributed by atoms with E-state index < -0.39 is 31.3 Å². The summed E-state index contributed by atoms with van der Waals surface area (Å²) in [7, 11) is -4.38. The van der Waals surface area contributed by atoms with Gasteiger partial charge < -0.3 is 14.1 Å². The van der Waals surface area contributed by atoms with E-state index in [1.54, 1.807) is 0 Å². The summed E-state index contributed by atoms with van der Waals surface area (Å²) in [4.78, 5) is 9.25. The molecule has 0 heterocycles. The maximum absolute atomic E-state index is 10.7. The number of nitrogens with zero attached hydrogens (tertiary/aromatic N) is 1. The number of aryl methyl sites for hydroxylation is 1. The maximum atomic E-state index is 10.7. The third-order valence-electron chi connectivity index (χ3n) is 1.73. The van der Waals surface area contributed by atoms with Crippen LogP contribution in [0.25, 0.3) is 0 Å². The van der Waals surface area contributed by atoms with Crippen LogP contribution in [0.3, 0.4) is 0 Å². The molecule has 19 heavy (non-hydrogen) atoms. The Morgan fingerprint density at radius 1 is 1.42 bits per heavy atom. The third-order valence-corrected chi connectivity index (χ3v) is 2.69. The number of rotatable bonds is 3. The monoisotopic (exact) mass is 313 g/mol. The van der Waals surface area contributed by atoms with Crippen molar-refractivity contribution in [1.29, 1.82) is 0 Å². The highest BCUT2D eigenvalue weighted by Gasteiger charge is 2.16. The van der Waals surface area contributed by atoms with Crippen molar-refractivity contribution in [2.75, 3.05) is 0 Å². The smallest absolute Gasteiger partial charge is 0.294 e. The summed E-state index contributed by atoms with van der Waals surface area (Å²) in [6.45, 7) is 1.48. The Morgan fingerprint density at radius 2 is 1.89 bits per heavy atom. The number of hydrogen-bond acceptors (Lipinski definition) is 8. The molecule has 0 radical (unpaired) electrons. The van der Waals surface area contributed by atoms with E-state index in [0.29, 0.717) is 5.56 Å². The molecule has 0 bridgehead atoms. The highest BCUT2D eigenvalue weighted by molar-refractivity contribution is 7.85. The van der Waals surface area contributed by atoms with Gasteiger partial charge in [0.1, 0.15) is 4.90 Å². The Labute approximate surface area is 110 Å². The lowest BCUT2D eigenvalue weighted by Crippen LogP contribution is -2.06. The van der Waals surface area contributed by atoms with Gasteiger partial charge in [-0.3, -0.25) is 14.7 Å². The van der Waals surface area contributed by atoms with Gasteiger partial charge in [-0.05, 0) is 13.0 Å². The first-order chi connectivity index (χ1) is 8.59. The minimum Gasteiger partial charge on any atom is -0.750 e. The summed E-state index contributed by atoms with van der Waals surface area (Å²) in [6, 6.07) is 3.20. The first-order valence-corrected chi connectivity index (χ1v) is 6.65. The summed E-state index contributed by atoms with van der Waals surface area (Å²) in [5.41, 5.74) is 0.00234. The molecule has 1 N–H and O–H groups in total. The minimum absolute atomic E-state index is 0.333. The molecule has 0 saturated heterocycles. The average Bonchev–Trinajstić information content (AvgIpc) is 2.28. The van der Waals surface area contributed by atoms with Gasteiger partial charge in [0.25, 0.3) is 15.8 Å². The molecule has 0 aliphatic rings. The molecule has 10 nitrogen and oxygen atoms in total. The van der Waals surface area contributed by atoms with E-state index >= 15 is 0 Å². The molecule has 0 fully saturated rings. The molecular weight excluding hydrogens is 306 g/mol. The van der Waals surface area contributed by atoms with Crippen molar-refractivity contribution in [3.63, 3.8) is 0 Å². The number of nitro groups is 1. The Balaban J connectivity index is 0.000000555. The predicted molar refractivity (Wildman–Crippen MR) is 57.7 cm³/mol. The molecule has 1 atom stereocenters. The largest absolute Gasteiger partial charge is 0.750 e. The lowest BCUT2D eigenvalue weighted by molar-refractivity contribution is -0.635. The molecule has 0 spiro atoms. The highest BCUT2D eigenvalue weighted by Crippen LogP contribution is 2.21. The lowest BCUT2D eigenvalue weighted by atomic mass is 10.2. The fourth-order valence-electron chi connectivity index (χ4n) is 0.946. The summed E-state index contributed by atoms with van der Waals surface area (Å²) in [5, 5.41) is 18.9. The zero-order valence-electron chi connectivity index (χ0n) is 9.21. The molecule has 108 valence electrons. The van der Waals surface area contributed by atoms with Crippen molar-refractivity contribution in [1.82, 2.24) is 0 Å². The van der Waals surface area contributed by atoms with E-state index in [2.05, 4.69) is 4.33 Å². The normalized spacial score (nSPS) is 12.2. The van der Waals surface area contributed by atoms with Gasteiger partial charge in [0.2, 0.25) is 0 Å². The van der Waals surface area contributed by atoms with Crippen LogP contribution in [0.15, 0.2) is 23.1 Å². The third kappa shape index (κ3) is 6.32. The summed E-state index contributed by atoms with van der Waals surface area (Å²) in [5.74, 6) is 0. The molecule has 1 rings (SSSR count). The molecule has 1 unspecified atom stereocenters. The molecule has 0 amide bonds. The molecule has 1 aromatic carbocycles. The van der Waals surface area contributed by atoms with E-state index in [1.807, 2.05) is 0 Å². The van der Waals surface area contributed by atoms with Gasteiger partial charge in [0, 0.05) is 11.6 Å². The maximum Gasteiger partial charge on any atom is 0.294 e.